The summed E-state index contributed by atoms with van der Waals surface area (Å²) in [6.45, 7) is 8.15. The summed E-state index contributed by atoms with van der Waals surface area (Å²) in [6.07, 6.45) is 0.389. The molecule has 6 nitrogen and oxygen atoms in total. The van der Waals surface area contributed by atoms with E-state index < -0.39 is 34.3 Å². The largest absolute Gasteiger partial charge is 0.493 e. The molecule has 1 aromatic heterocycles. The average Bonchev–Trinajstić information content (AvgIpc) is 2.63. The molecule has 2 fully saturated rings. The molecule has 2 saturated carbocycles. The fourth-order valence-electron chi connectivity index (χ4n) is 6.43. The van der Waals surface area contributed by atoms with Crippen LogP contribution in [0.3, 0.4) is 0 Å². The van der Waals surface area contributed by atoms with Crippen LogP contribution in [0, 0.1) is 22.7 Å². The SMILES string of the molecule is CC1(O)C[C@@H](O)[C@@H]2C(C)(C)[C@H](O)CC[C@@]2(C)[C@@H]1COc1ccc2ccc(=O)oc2c1. The maximum Gasteiger partial charge on any atom is 0.336 e. The van der Waals surface area contributed by atoms with Crippen LogP contribution in [-0.4, -0.2) is 39.7 Å². The first kappa shape index (κ1) is 21.3. The lowest BCUT2D eigenvalue weighted by atomic mass is 9.44. The molecule has 0 aliphatic heterocycles. The summed E-state index contributed by atoms with van der Waals surface area (Å²) in [7, 11) is 0. The minimum atomic E-state index is -1.10. The summed E-state index contributed by atoms with van der Waals surface area (Å²) in [5.41, 5.74) is -1.92. The van der Waals surface area contributed by atoms with Crippen molar-refractivity contribution in [3.63, 3.8) is 0 Å². The molecule has 0 radical (unpaired) electrons. The first-order valence-electron chi connectivity index (χ1n) is 10.7. The third kappa shape index (κ3) is 3.35. The quantitative estimate of drug-likeness (QED) is 0.665. The highest BCUT2D eigenvalue weighted by Gasteiger charge is 2.63. The van der Waals surface area contributed by atoms with Crippen molar-refractivity contribution in [3.05, 3.63) is 40.8 Å². The molecular formula is C24H32O6. The Kier molecular flexibility index (Phi) is 5.03. The second kappa shape index (κ2) is 7.08. The molecule has 6 atom stereocenters. The highest BCUT2D eigenvalue weighted by Crippen LogP contribution is 2.62. The van der Waals surface area contributed by atoms with Gasteiger partial charge in [-0.1, -0.05) is 20.8 Å². The molecule has 3 N–H and O–H groups in total. The van der Waals surface area contributed by atoms with Crippen molar-refractivity contribution in [3.8, 4) is 5.75 Å². The summed E-state index contributed by atoms with van der Waals surface area (Å²) in [5, 5.41) is 33.6. The fraction of sp³-hybridized carbons (Fsp3) is 0.625. The maximum absolute atomic E-state index is 11.5. The van der Waals surface area contributed by atoms with Gasteiger partial charge in [-0.05, 0) is 54.7 Å². The predicted molar refractivity (Wildman–Crippen MR) is 113 cm³/mol. The molecule has 4 rings (SSSR count). The van der Waals surface area contributed by atoms with Gasteiger partial charge >= 0.3 is 5.63 Å². The highest BCUT2D eigenvalue weighted by molar-refractivity contribution is 5.77. The van der Waals surface area contributed by atoms with Gasteiger partial charge in [0.05, 0.1) is 24.4 Å². The Labute approximate surface area is 176 Å². The molecule has 1 aromatic carbocycles. The van der Waals surface area contributed by atoms with E-state index in [1.54, 1.807) is 19.1 Å². The lowest BCUT2D eigenvalue weighted by molar-refractivity contribution is -0.239. The van der Waals surface area contributed by atoms with E-state index in [1.165, 1.54) is 6.07 Å². The van der Waals surface area contributed by atoms with Crippen LogP contribution in [-0.2, 0) is 0 Å². The number of hydrogen-bond donors (Lipinski definition) is 3. The fourth-order valence-corrected chi connectivity index (χ4v) is 6.43. The molecule has 0 saturated heterocycles. The molecule has 2 aliphatic rings. The summed E-state index contributed by atoms with van der Waals surface area (Å²) in [4.78, 5) is 11.5. The highest BCUT2D eigenvalue weighted by atomic mass is 16.5. The van der Waals surface area contributed by atoms with E-state index in [0.29, 0.717) is 24.2 Å². The summed E-state index contributed by atoms with van der Waals surface area (Å²) >= 11 is 0. The number of rotatable bonds is 3. The number of ether oxygens (including phenoxy) is 1. The zero-order valence-electron chi connectivity index (χ0n) is 18.1. The lowest BCUT2D eigenvalue weighted by Gasteiger charge is -2.63. The molecule has 0 amide bonds. The molecule has 30 heavy (non-hydrogen) atoms. The first-order valence-corrected chi connectivity index (χ1v) is 10.7. The second-order valence-electron chi connectivity index (χ2n) is 10.3. The number of aliphatic hydroxyl groups is 3. The zero-order chi connectivity index (χ0) is 21.9. The summed E-state index contributed by atoms with van der Waals surface area (Å²) in [5.74, 6) is 0.176. The minimum absolute atomic E-state index is 0.155. The third-order valence-electron chi connectivity index (χ3n) is 7.89. The Morgan fingerprint density at radius 3 is 2.57 bits per heavy atom. The van der Waals surface area contributed by atoms with Gasteiger partial charge in [0.15, 0.2) is 0 Å². The van der Waals surface area contributed by atoms with Gasteiger partial charge in [0.2, 0.25) is 0 Å². The number of fused-ring (bicyclic) bond motifs is 2. The Balaban J connectivity index is 1.64. The number of hydrogen-bond acceptors (Lipinski definition) is 6. The van der Waals surface area contributed by atoms with Gasteiger partial charge in [0.25, 0.3) is 0 Å². The van der Waals surface area contributed by atoms with Crippen LogP contribution >= 0.6 is 0 Å². The lowest BCUT2D eigenvalue weighted by Crippen LogP contribution is -2.66. The van der Waals surface area contributed by atoms with Gasteiger partial charge in [-0.25, -0.2) is 4.79 Å². The number of aliphatic hydroxyl groups excluding tert-OH is 2. The van der Waals surface area contributed by atoms with Crippen LogP contribution in [0.25, 0.3) is 11.0 Å². The van der Waals surface area contributed by atoms with Crippen molar-refractivity contribution in [2.24, 2.45) is 22.7 Å². The van der Waals surface area contributed by atoms with Crippen molar-refractivity contribution in [2.45, 2.75) is 64.8 Å². The van der Waals surface area contributed by atoms with Crippen molar-refractivity contribution >= 4 is 11.0 Å². The zero-order valence-corrected chi connectivity index (χ0v) is 18.1. The second-order valence-corrected chi connectivity index (χ2v) is 10.3. The van der Waals surface area contributed by atoms with E-state index in [9.17, 15) is 20.1 Å². The summed E-state index contributed by atoms with van der Waals surface area (Å²) < 4.78 is 11.4. The van der Waals surface area contributed by atoms with Crippen LogP contribution in [0.4, 0.5) is 0 Å². The van der Waals surface area contributed by atoms with Crippen molar-refractivity contribution < 1.29 is 24.5 Å². The van der Waals surface area contributed by atoms with Gasteiger partial charge in [-0.3, -0.25) is 0 Å². The molecule has 6 heteroatoms. The van der Waals surface area contributed by atoms with E-state index in [1.807, 2.05) is 26.0 Å². The smallest absolute Gasteiger partial charge is 0.336 e. The standard InChI is InChI=1S/C24H32O6/c1-22(2)19(26)9-10-23(3)18(24(4,28)12-16(25)21(22)23)13-29-15-7-5-14-6-8-20(27)30-17(14)11-15/h5-8,11,16,18-19,21,25-26,28H,9-10,12-13H2,1-4H3/t16-,18+,19-,21-,23+,24?/m1/s1. The van der Waals surface area contributed by atoms with Crippen LogP contribution in [0.1, 0.15) is 47.0 Å². The summed E-state index contributed by atoms with van der Waals surface area (Å²) in [6, 6.07) is 8.44. The first-order chi connectivity index (χ1) is 13.9. The Bertz CT molecular complexity index is 993. The van der Waals surface area contributed by atoms with Crippen LogP contribution < -0.4 is 10.4 Å². The van der Waals surface area contributed by atoms with Crippen molar-refractivity contribution in [1.82, 2.24) is 0 Å². The molecular weight excluding hydrogens is 384 g/mol. The number of benzene rings is 1. The van der Waals surface area contributed by atoms with E-state index in [0.717, 1.165) is 5.39 Å². The van der Waals surface area contributed by atoms with Crippen molar-refractivity contribution in [1.29, 1.82) is 0 Å². The van der Waals surface area contributed by atoms with Gasteiger partial charge in [-0.15, -0.1) is 0 Å². The maximum atomic E-state index is 11.5. The van der Waals surface area contributed by atoms with Crippen molar-refractivity contribution in [2.75, 3.05) is 6.61 Å². The Morgan fingerprint density at radius 1 is 1.13 bits per heavy atom. The third-order valence-corrected chi connectivity index (χ3v) is 7.89. The molecule has 164 valence electrons. The van der Waals surface area contributed by atoms with Crippen LogP contribution in [0.2, 0.25) is 0 Å². The molecule has 2 aliphatic carbocycles. The monoisotopic (exact) mass is 416 g/mol. The van der Waals surface area contributed by atoms with Gasteiger partial charge in [0.1, 0.15) is 11.3 Å². The average molecular weight is 417 g/mol. The molecule has 0 spiro atoms. The van der Waals surface area contributed by atoms with E-state index in [2.05, 4.69) is 6.92 Å². The van der Waals surface area contributed by atoms with E-state index in [-0.39, 0.29) is 24.9 Å². The molecule has 0 bridgehead atoms. The van der Waals surface area contributed by atoms with Crippen LogP contribution in [0.5, 0.6) is 5.75 Å². The normalized spacial score (nSPS) is 38.2. The van der Waals surface area contributed by atoms with E-state index >= 15 is 0 Å². The predicted octanol–water partition coefficient (Wildman–Crippen LogP) is 3.11. The minimum Gasteiger partial charge on any atom is -0.493 e. The molecule has 1 unspecified atom stereocenters. The van der Waals surface area contributed by atoms with Gasteiger partial charge in [0, 0.05) is 29.9 Å². The topological polar surface area (TPSA) is 100 Å². The van der Waals surface area contributed by atoms with Gasteiger partial charge < -0.3 is 24.5 Å². The molecule has 1 heterocycles. The van der Waals surface area contributed by atoms with Crippen LogP contribution in [0.15, 0.2) is 39.5 Å². The van der Waals surface area contributed by atoms with Gasteiger partial charge in [-0.2, -0.15) is 0 Å². The Hall–Kier alpha value is -1.89. The van der Waals surface area contributed by atoms with E-state index in [4.69, 9.17) is 9.15 Å². The Morgan fingerprint density at radius 2 is 1.83 bits per heavy atom. The molecule has 2 aromatic rings.